The highest BCUT2D eigenvalue weighted by Crippen LogP contribution is 2.11. The topological polar surface area (TPSA) is 32.3 Å². The summed E-state index contributed by atoms with van der Waals surface area (Å²) >= 11 is 0. The maximum absolute atomic E-state index is 11.4. The molecule has 1 aliphatic rings. The maximum atomic E-state index is 11.4. The molecule has 0 aromatic rings. The number of hydrogen-bond acceptors (Lipinski definition) is 2. The molecule has 3 nitrogen and oxygen atoms in total. The SMILES string of the molecule is CCC(=O)N[C@@H](CN1CCCC1)C(C)C.[HH]. The van der Waals surface area contributed by atoms with Gasteiger partial charge in [0.15, 0.2) is 0 Å². The van der Waals surface area contributed by atoms with Crippen molar-refractivity contribution in [3.8, 4) is 0 Å². The quantitative estimate of drug-likeness (QED) is 0.758. The summed E-state index contributed by atoms with van der Waals surface area (Å²) in [6.07, 6.45) is 3.21. The van der Waals surface area contributed by atoms with Gasteiger partial charge in [-0.1, -0.05) is 20.8 Å². The Kier molecular flexibility index (Phi) is 5.09. The third-order valence-corrected chi connectivity index (χ3v) is 3.13. The van der Waals surface area contributed by atoms with E-state index in [0.717, 1.165) is 6.54 Å². The van der Waals surface area contributed by atoms with Gasteiger partial charge in [-0.25, -0.2) is 0 Å². The summed E-state index contributed by atoms with van der Waals surface area (Å²) in [6, 6.07) is 0.315. The van der Waals surface area contributed by atoms with Crippen molar-refractivity contribution in [2.24, 2.45) is 5.92 Å². The second-order valence-electron chi connectivity index (χ2n) is 4.78. The van der Waals surface area contributed by atoms with Gasteiger partial charge in [-0.15, -0.1) is 0 Å². The van der Waals surface area contributed by atoms with Gasteiger partial charge in [-0.3, -0.25) is 4.79 Å². The third kappa shape index (κ3) is 4.20. The summed E-state index contributed by atoms with van der Waals surface area (Å²) in [6.45, 7) is 9.68. The van der Waals surface area contributed by atoms with E-state index in [1.54, 1.807) is 0 Å². The summed E-state index contributed by atoms with van der Waals surface area (Å²) in [5, 5.41) is 3.11. The Hall–Kier alpha value is -0.570. The number of carbonyl (C=O) groups is 1. The predicted octanol–water partition coefficient (Wildman–Crippen LogP) is 1.88. The molecule has 0 saturated carbocycles. The molecule has 90 valence electrons. The van der Waals surface area contributed by atoms with Crippen LogP contribution < -0.4 is 5.32 Å². The number of hydrogen-bond donors (Lipinski definition) is 1. The average molecular weight is 214 g/mol. The zero-order valence-electron chi connectivity index (χ0n) is 10.3. The van der Waals surface area contributed by atoms with Gasteiger partial charge < -0.3 is 10.2 Å². The molecule has 0 aromatic heterocycles. The van der Waals surface area contributed by atoms with Gasteiger partial charge in [0, 0.05) is 20.4 Å². The molecule has 0 unspecified atom stereocenters. The Morgan fingerprint density at radius 2 is 2.00 bits per heavy atom. The van der Waals surface area contributed by atoms with Crippen molar-refractivity contribution in [3.63, 3.8) is 0 Å². The van der Waals surface area contributed by atoms with Crippen LogP contribution in [-0.4, -0.2) is 36.5 Å². The Balaban J connectivity index is 0.00000225. The fourth-order valence-corrected chi connectivity index (χ4v) is 1.98. The smallest absolute Gasteiger partial charge is 0.219 e. The molecule has 0 aromatic carbocycles. The molecule has 1 saturated heterocycles. The number of amides is 1. The normalized spacial score (nSPS) is 19.5. The molecular formula is C12H26N2O. The van der Waals surface area contributed by atoms with Crippen molar-refractivity contribution in [1.82, 2.24) is 10.2 Å². The lowest BCUT2D eigenvalue weighted by Gasteiger charge is -2.27. The molecule has 1 amide bonds. The van der Waals surface area contributed by atoms with E-state index in [1.807, 2.05) is 6.92 Å². The van der Waals surface area contributed by atoms with Gasteiger partial charge in [0.1, 0.15) is 0 Å². The van der Waals surface area contributed by atoms with E-state index in [-0.39, 0.29) is 7.33 Å². The third-order valence-electron chi connectivity index (χ3n) is 3.13. The lowest BCUT2D eigenvalue weighted by Crippen LogP contribution is -2.45. The number of likely N-dealkylation sites (tertiary alicyclic amines) is 1. The molecule has 0 radical (unpaired) electrons. The molecule has 1 N–H and O–H groups in total. The first kappa shape index (κ1) is 12.5. The summed E-state index contributed by atoms with van der Waals surface area (Å²) in [7, 11) is 0. The summed E-state index contributed by atoms with van der Waals surface area (Å²) < 4.78 is 0. The van der Waals surface area contributed by atoms with E-state index >= 15 is 0 Å². The molecule has 0 bridgehead atoms. The monoisotopic (exact) mass is 214 g/mol. The van der Waals surface area contributed by atoms with Gasteiger partial charge in [-0.05, 0) is 31.8 Å². The molecule has 1 rings (SSSR count). The van der Waals surface area contributed by atoms with Crippen molar-refractivity contribution in [3.05, 3.63) is 0 Å². The Morgan fingerprint density at radius 1 is 1.40 bits per heavy atom. The minimum atomic E-state index is 0. The van der Waals surface area contributed by atoms with Gasteiger partial charge in [0.2, 0.25) is 5.91 Å². The van der Waals surface area contributed by atoms with Crippen LogP contribution in [0.2, 0.25) is 0 Å². The summed E-state index contributed by atoms with van der Waals surface area (Å²) in [4.78, 5) is 13.8. The summed E-state index contributed by atoms with van der Waals surface area (Å²) in [5.74, 6) is 0.689. The molecule has 15 heavy (non-hydrogen) atoms. The molecular weight excluding hydrogens is 188 g/mol. The van der Waals surface area contributed by atoms with Crippen LogP contribution >= 0.6 is 0 Å². The van der Waals surface area contributed by atoms with Crippen LogP contribution in [0, 0.1) is 5.92 Å². The first-order valence-electron chi connectivity index (χ1n) is 6.15. The van der Waals surface area contributed by atoms with Gasteiger partial charge in [0.05, 0.1) is 0 Å². The van der Waals surface area contributed by atoms with Crippen LogP contribution in [0.3, 0.4) is 0 Å². The van der Waals surface area contributed by atoms with E-state index in [1.165, 1.54) is 25.9 Å². The van der Waals surface area contributed by atoms with Crippen LogP contribution in [0.4, 0.5) is 0 Å². The largest absolute Gasteiger partial charge is 0.352 e. The summed E-state index contributed by atoms with van der Waals surface area (Å²) in [5.41, 5.74) is 0. The minimum absolute atomic E-state index is 0. The highest BCUT2D eigenvalue weighted by molar-refractivity contribution is 5.75. The van der Waals surface area contributed by atoms with Crippen molar-refractivity contribution >= 4 is 5.91 Å². The van der Waals surface area contributed by atoms with E-state index in [2.05, 4.69) is 24.1 Å². The van der Waals surface area contributed by atoms with Crippen molar-refractivity contribution in [2.45, 2.75) is 46.1 Å². The zero-order chi connectivity index (χ0) is 11.3. The lowest BCUT2D eigenvalue weighted by molar-refractivity contribution is -0.121. The standard InChI is InChI=1S/C12H24N2O.H2/c1-4-12(15)13-11(10(2)3)9-14-7-5-6-8-14;/h10-11H,4-9H2,1-3H3,(H,13,15);1H/t11-;/m0./s1. The maximum Gasteiger partial charge on any atom is 0.219 e. The molecule has 3 heteroatoms. The second-order valence-corrected chi connectivity index (χ2v) is 4.78. The molecule has 0 spiro atoms. The van der Waals surface area contributed by atoms with Crippen molar-refractivity contribution in [2.75, 3.05) is 19.6 Å². The second kappa shape index (κ2) is 6.11. The van der Waals surface area contributed by atoms with Crippen LogP contribution in [0.15, 0.2) is 0 Å². The van der Waals surface area contributed by atoms with Gasteiger partial charge in [0.25, 0.3) is 0 Å². The highest BCUT2D eigenvalue weighted by atomic mass is 16.1. The fraction of sp³-hybridized carbons (Fsp3) is 0.917. The molecule has 1 atom stereocenters. The highest BCUT2D eigenvalue weighted by Gasteiger charge is 2.20. The Morgan fingerprint density at radius 3 is 2.47 bits per heavy atom. The predicted molar refractivity (Wildman–Crippen MR) is 64.8 cm³/mol. The molecule has 0 aliphatic carbocycles. The fourth-order valence-electron chi connectivity index (χ4n) is 1.98. The zero-order valence-corrected chi connectivity index (χ0v) is 10.3. The molecule has 1 heterocycles. The number of carbonyl (C=O) groups excluding carboxylic acids is 1. The van der Waals surface area contributed by atoms with E-state index < -0.39 is 0 Å². The van der Waals surface area contributed by atoms with Crippen LogP contribution in [0.25, 0.3) is 0 Å². The minimum Gasteiger partial charge on any atom is -0.352 e. The van der Waals surface area contributed by atoms with Gasteiger partial charge in [-0.2, -0.15) is 0 Å². The van der Waals surface area contributed by atoms with Crippen LogP contribution in [-0.2, 0) is 4.79 Å². The number of nitrogens with one attached hydrogen (secondary N) is 1. The van der Waals surface area contributed by atoms with E-state index in [4.69, 9.17) is 0 Å². The van der Waals surface area contributed by atoms with Gasteiger partial charge >= 0.3 is 0 Å². The van der Waals surface area contributed by atoms with Crippen molar-refractivity contribution in [1.29, 1.82) is 0 Å². The number of rotatable bonds is 5. The molecule has 1 aliphatic heterocycles. The first-order valence-corrected chi connectivity index (χ1v) is 6.15. The Bertz CT molecular complexity index is 203. The van der Waals surface area contributed by atoms with E-state index in [9.17, 15) is 4.79 Å². The Labute approximate surface area is 94.7 Å². The first-order chi connectivity index (χ1) is 7.13. The number of nitrogens with zero attached hydrogens (tertiary/aromatic N) is 1. The van der Waals surface area contributed by atoms with Crippen LogP contribution in [0.1, 0.15) is 41.5 Å². The van der Waals surface area contributed by atoms with E-state index in [0.29, 0.717) is 18.4 Å². The lowest BCUT2D eigenvalue weighted by atomic mass is 10.0. The van der Waals surface area contributed by atoms with Crippen LogP contribution in [0.5, 0.6) is 0 Å². The average Bonchev–Trinajstić information content (AvgIpc) is 2.69. The molecule has 1 fully saturated rings. The van der Waals surface area contributed by atoms with Crippen molar-refractivity contribution < 1.29 is 6.22 Å².